The summed E-state index contributed by atoms with van der Waals surface area (Å²) in [4.78, 5) is 12.1. The molecule has 2 aromatic rings. The van der Waals surface area contributed by atoms with Crippen molar-refractivity contribution < 1.29 is 14.7 Å². The van der Waals surface area contributed by atoms with E-state index in [1.807, 2.05) is 13.8 Å². The minimum Gasteiger partial charge on any atom is -0.385 e. The average Bonchev–Trinajstić information content (AvgIpc) is 2.53. The minimum atomic E-state index is -0.0711. The van der Waals surface area contributed by atoms with Gasteiger partial charge in [0.2, 0.25) is 0 Å². The summed E-state index contributed by atoms with van der Waals surface area (Å²) in [5, 5.41) is 10.3. The zero-order valence-electron chi connectivity index (χ0n) is 13.6. The lowest BCUT2D eigenvalue weighted by atomic mass is 10.0. The van der Waals surface area contributed by atoms with Crippen LogP contribution in [0.2, 0.25) is 0 Å². The van der Waals surface area contributed by atoms with E-state index in [1.165, 1.54) is 0 Å². The number of aryl methyl sites for hydroxylation is 2. The Balaban J connectivity index is 0.000000541. The van der Waals surface area contributed by atoms with E-state index in [0.717, 1.165) is 27.8 Å². The first-order valence-electron chi connectivity index (χ1n) is 6.93. The summed E-state index contributed by atoms with van der Waals surface area (Å²) >= 11 is 0. The van der Waals surface area contributed by atoms with Crippen LogP contribution in [0.3, 0.4) is 0 Å². The van der Waals surface area contributed by atoms with Crippen LogP contribution in [0.25, 0.3) is 17.0 Å². The maximum Gasteiger partial charge on any atom is 0.258 e. The topological polar surface area (TPSA) is 54.5 Å². The Hall–Kier alpha value is -2.40. The minimum absolute atomic E-state index is 0.0711. The van der Waals surface area contributed by atoms with Crippen LogP contribution in [0.1, 0.15) is 18.1 Å². The second kappa shape index (κ2) is 7.56. The van der Waals surface area contributed by atoms with Gasteiger partial charge in [-0.15, -0.1) is 0 Å². The quantitative estimate of drug-likeness (QED) is 0.410. The Labute approximate surface area is 130 Å². The van der Waals surface area contributed by atoms with Crippen molar-refractivity contribution in [3.05, 3.63) is 46.3 Å². The molecule has 0 atom stereocenters. The first-order valence-corrected chi connectivity index (χ1v) is 6.93. The molecule has 1 aromatic carbocycles. The van der Waals surface area contributed by atoms with Crippen LogP contribution in [-0.2, 0) is 11.8 Å². The van der Waals surface area contributed by atoms with E-state index >= 15 is 0 Å². The molecule has 0 saturated heterocycles. The predicted molar refractivity (Wildman–Crippen MR) is 90.4 cm³/mol. The summed E-state index contributed by atoms with van der Waals surface area (Å²) in [5.74, 6) is 0. The van der Waals surface area contributed by atoms with E-state index < -0.39 is 0 Å². The summed E-state index contributed by atoms with van der Waals surface area (Å²) in [5.41, 5.74) is 2.74. The Kier molecular flexibility index (Phi) is 6.07. The van der Waals surface area contributed by atoms with Gasteiger partial charge in [-0.05, 0) is 25.5 Å². The number of pyridine rings is 1. The highest BCUT2D eigenvalue weighted by Gasteiger charge is 2.13. The third-order valence-corrected chi connectivity index (χ3v) is 3.48. The van der Waals surface area contributed by atoms with Gasteiger partial charge >= 0.3 is 0 Å². The summed E-state index contributed by atoms with van der Waals surface area (Å²) in [6.45, 7) is 11.7. The van der Waals surface area contributed by atoms with E-state index in [2.05, 4.69) is 18.0 Å². The number of fused-ring (bicyclic) bond motifs is 1. The summed E-state index contributed by atoms with van der Waals surface area (Å²) in [6.07, 6.45) is 1.56. The first kappa shape index (κ1) is 17.7. The Morgan fingerprint density at radius 1 is 1.45 bits per heavy atom. The number of nitrogens with zero attached hydrogens (tertiary/aromatic N) is 2. The summed E-state index contributed by atoms with van der Waals surface area (Å²) in [6, 6.07) is 5.30. The van der Waals surface area contributed by atoms with Crippen molar-refractivity contribution in [1.29, 1.82) is 0 Å². The van der Waals surface area contributed by atoms with Crippen LogP contribution < -0.4 is 5.56 Å². The smallest absolute Gasteiger partial charge is 0.258 e. The van der Waals surface area contributed by atoms with Crippen molar-refractivity contribution in [2.24, 2.45) is 7.05 Å². The number of rotatable bonds is 3. The molecule has 1 N–H and O–H groups in total. The van der Waals surface area contributed by atoms with Gasteiger partial charge in [-0.1, -0.05) is 12.7 Å². The molecule has 1 heterocycles. The van der Waals surface area contributed by atoms with Gasteiger partial charge in [0.15, 0.2) is 6.72 Å². The molecule has 0 radical (unpaired) electrons. The molecule has 0 fully saturated rings. The fraction of sp³-hybridized carbons (Fsp3) is 0.294. The van der Waals surface area contributed by atoms with Gasteiger partial charge in [-0.3, -0.25) is 10.0 Å². The summed E-state index contributed by atoms with van der Waals surface area (Å²) < 4.78 is 6.92. The third kappa shape index (κ3) is 3.43. The van der Waals surface area contributed by atoms with Crippen LogP contribution in [0.5, 0.6) is 0 Å². The number of aromatic nitrogens is 1. The fourth-order valence-corrected chi connectivity index (χ4v) is 2.11. The van der Waals surface area contributed by atoms with E-state index in [1.54, 1.807) is 43.0 Å². The molecule has 0 aliphatic rings. The molecule has 2 rings (SSSR count). The lowest BCUT2D eigenvalue weighted by Gasteiger charge is -2.10. The van der Waals surface area contributed by atoms with E-state index in [4.69, 9.17) is 0 Å². The van der Waals surface area contributed by atoms with Gasteiger partial charge in [0, 0.05) is 48.6 Å². The highest BCUT2D eigenvalue weighted by molar-refractivity contribution is 5.87. The molecule has 22 heavy (non-hydrogen) atoms. The number of methoxy groups -OCH3 is 1. The average molecular weight is 303 g/mol. The number of hydrogen-bond donors (Lipinski definition) is 1. The number of ether oxygens (including phenoxy) is 1. The van der Waals surface area contributed by atoms with Crippen LogP contribution >= 0.6 is 0 Å². The molecule has 0 amide bonds. The molecule has 5 heteroatoms. The van der Waals surface area contributed by atoms with Gasteiger partial charge in [0.1, 0.15) is 0 Å². The molecule has 0 bridgehead atoms. The van der Waals surface area contributed by atoms with Crippen LogP contribution in [0, 0.1) is 6.92 Å². The van der Waals surface area contributed by atoms with Crippen LogP contribution in [0.4, 0.5) is 5.69 Å². The van der Waals surface area contributed by atoms with Crippen LogP contribution in [-0.4, -0.2) is 34.9 Å². The Morgan fingerprint density at radius 2 is 2.05 bits per heavy atom. The van der Waals surface area contributed by atoms with E-state index in [9.17, 15) is 10.0 Å². The predicted octanol–water partition coefficient (Wildman–Crippen LogP) is 2.88. The molecule has 0 spiro atoms. The molecule has 1 aromatic heterocycles. The molecule has 5 nitrogen and oxygen atoms in total. The van der Waals surface area contributed by atoms with Crippen molar-refractivity contribution >= 4 is 29.4 Å². The lowest BCUT2D eigenvalue weighted by molar-refractivity contribution is -0.706. The monoisotopic (exact) mass is 303 g/mol. The highest BCUT2D eigenvalue weighted by Crippen LogP contribution is 2.23. The SMILES string of the molecule is C=Cc1c(C)c2cc([N+](=C)O)ccc2n(C)c1=O.CCOC. The number of hydrogen-bond acceptors (Lipinski definition) is 3. The van der Waals surface area contributed by atoms with E-state index in [0.29, 0.717) is 11.3 Å². The van der Waals surface area contributed by atoms with Gasteiger partial charge < -0.3 is 9.30 Å². The van der Waals surface area contributed by atoms with E-state index in [-0.39, 0.29) is 5.56 Å². The summed E-state index contributed by atoms with van der Waals surface area (Å²) in [7, 11) is 3.40. The normalized spacial score (nSPS) is 10.0. The number of benzene rings is 1. The largest absolute Gasteiger partial charge is 0.385 e. The maximum absolute atomic E-state index is 12.1. The van der Waals surface area contributed by atoms with Crippen molar-refractivity contribution in [2.45, 2.75) is 13.8 Å². The zero-order chi connectivity index (χ0) is 16.9. The van der Waals surface area contributed by atoms with Crippen molar-refractivity contribution in [1.82, 2.24) is 4.57 Å². The Morgan fingerprint density at radius 3 is 2.50 bits per heavy atom. The van der Waals surface area contributed by atoms with Crippen molar-refractivity contribution in [3.8, 4) is 0 Å². The second-order valence-corrected chi connectivity index (χ2v) is 4.79. The third-order valence-electron chi connectivity index (χ3n) is 3.48. The van der Waals surface area contributed by atoms with Gasteiger partial charge in [0.05, 0.1) is 5.52 Å². The lowest BCUT2D eigenvalue weighted by Crippen LogP contribution is -2.21. The first-order chi connectivity index (χ1) is 10.4. The van der Waals surface area contributed by atoms with Gasteiger partial charge in [-0.25, -0.2) is 0 Å². The highest BCUT2D eigenvalue weighted by atomic mass is 16.5. The van der Waals surface area contributed by atoms with Crippen molar-refractivity contribution in [2.75, 3.05) is 13.7 Å². The fourth-order valence-electron chi connectivity index (χ4n) is 2.11. The van der Waals surface area contributed by atoms with Gasteiger partial charge in [-0.2, -0.15) is 0 Å². The second-order valence-electron chi connectivity index (χ2n) is 4.79. The standard InChI is InChI=1S/C14H15N2O2.C3H8O/c1-5-11-9(2)12-8-10(16(4)18)6-7-13(12)15(3)14(11)17;1-3-4-2/h5-8,18H,1,4H2,2-3H3;3H2,1-2H3/q+1;. The zero-order valence-corrected chi connectivity index (χ0v) is 13.6. The van der Waals surface area contributed by atoms with Crippen LogP contribution in [0.15, 0.2) is 29.6 Å². The maximum atomic E-state index is 12.1. The van der Waals surface area contributed by atoms with Crippen molar-refractivity contribution in [3.63, 3.8) is 0 Å². The van der Waals surface area contributed by atoms with Gasteiger partial charge in [0.25, 0.3) is 11.2 Å². The molecule has 118 valence electrons. The molecule has 0 saturated carbocycles. The Bertz CT molecular complexity index is 759. The molecular formula is C17H23N2O3+. The molecule has 0 aliphatic heterocycles. The molecule has 0 aliphatic carbocycles. The molecule has 0 unspecified atom stereocenters. The molecular weight excluding hydrogens is 280 g/mol.